The third kappa shape index (κ3) is 4.95. The van der Waals surface area contributed by atoms with Crippen molar-refractivity contribution in [1.29, 1.82) is 0 Å². The van der Waals surface area contributed by atoms with Crippen molar-refractivity contribution in [1.82, 2.24) is 30.1 Å². The van der Waals surface area contributed by atoms with Gasteiger partial charge in [-0.25, -0.2) is 4.68 Å². The predicted molar refractivity (Wildman–Crippen MR) is 132 cm³/mol. The maximum atomic E-state index is 13.1. The topological polar surface area (TPSA) is 107 Å². The Balaban J connectivity index is 1.28. The molecular formula is C26H28N6O4. The Labute approximate surface area is 207 Å². The first-order valence-electron chi connectivity index (χ1n) is 12.3. The first kappa shape index (κ1) is 22.7. The van der Waals surface area contributed by atoms with Gasteiger partial charge in [-0.05, 0) is 41.0 Å². The van der Waals surface area contributed by atoms with Gasteiger partial charge >= 0.3 is 0 Å². The number of tetrazole rings is 1. The second kappa shape index (κ2) is 10.1. The van der Waals surface area contributed by atoms with Crippen molar-refractivity contribution >= 4 is 10.9 Å². The highest BCUT2D eigenvalue weighted by Crippen LogP contribution is 2.33. The molecule has 1 fully saturated rings. The van der Waals surface area contributed by atoms with E-state index in [0.29, 0.717) is 56.5 Å². The van der Waals surface area contributed by atoms with Crippen molar-refractivity contribution in [2.45, 2.75) is 45.1 Å². The van der Waals surface area contributed by atoms with Crippen LogP contribution in [-0.4, -0.2) is 56.0 Å². The van der Waals surface area contributed by atoms with Gasteiger partial charge in [0.1, 0.15) is 13.2 Å². The second-order valence-corrected chi connectivity index (χ2v) is 9.25. The summed E-state index contributed by atoms with van der Waals surface area (Å²) in [6, 6.07) is 15.9. The molecule has 1 atom stereocenters. The van der Waals surface area contributed by atoms with Gasteiger partial charge in [-0.2, -0.15) is 0 Å². The summed E-state index contributed by atoms with van der Waals surface area (Å²) < 4.78 is 19.0. The van der Waals surface area contributed by atoms with E-state index in [-0.39, 0.29) is 11.7 Å². The lowest BCUT2D eigenvalue weighted by Gasteiger charge is -2.23. The molecule has 10 nitrogen and oxygen atoms in total. The molecule has 0 unspecified atom stereocenters. The van der Waals surface area contributed by atoms with Gasteiger partial charge in [0.2, 0.25) is 0 Å². The summed E-state index contributed by atoms with van der Waals surface area (Å²) in [5.74, 6) is 2.10. The van der Waals surface area contributed by atoms with Crippen LogP contribution in [0, 0.1) is 0 Å². The highest BCUT2D eigenvalue weighted by atomic mass is 16.6. The van der Waals surface area contributed by atoms with Crippen molar-refractivity contribution < 1.29 is 14.2 Å². The number of hydrogen-bond acceptors (Lipinski definition) is 8. The average molecular weight is 489 g/mol. The van der Waals surface area contributed by atoms with Gasteiger partial charge in [-0.1, -0.05) is 30.3 Å². The summed E-state index contributed by atoms with van der Waals surface area (Å²) in [7, 11) is 0. The molecule has 0 bridgehead atoms. The van der Waals surface area contributed by atoms with Crippen molar-refractivity contribution in [2.24, 2.45) is 0 Å². The van der Waals surface area contributed by atoms with Crippen LogP contribution in [0.2, 0.25) is 0 Å². The lowest BCUT2D eigenvalue weighted by atomic mass is 10.1. The summed E-state index contributed by atoms with van der Waals surface area (Å²) in [6.45, 7) is 4.00. The maximum absolute atomic E-state index is 13.1. The fourth-order valence-corrected chi connectivity index (χ4v) is 4.82. The van der Waals surface area contributed by atoms with E-state index in [1.807, 2.05) is 41.1 Å². The van der Waals surface area contributed by atoms with Crippen LogP contribution in [0.4, 0.5) is 0 Å². The van der Waals surface area contributed by atoms with Crippen LogP contribution in [0.25, 0.3) is 10.9 Å². The number of H-pyrrole nitrogens is 1. The van der Waals surface area contributed by atoms with Crippen LogP contribution < -0.4 is 15.0 Å². The number of fused-ring (bicyclic) bond motifs is 2. The zero-order valence-electron chi connectivity index (χ0n) is 19.9. The van der Waals surface area contributed by atoms with E-state index in [1.54, 1.807) is 0 Å². The molecule has 2 aliphatic rings. The number of nitrogens with one attached hydrogen (secondary N) is 1. The molecule has 2 aliphatic heterocycles. The van der Waals surface area contributed by atoms with E-state index in [2.05, 4.69) is 37.5 Å². The zero-order chi connectivity index (χ0) is 24.3. The fraction of sp³-hybridized carbons (Fsp3) is 0.385. The minimum absolute atomic E-state index is 0.129. The first-order chi connectivity index (χ1) is 17.7. The van der Waals surface area contributed by atoms with Crippen LogP contribution in [0.5, 0.6) is 11.5 Å². The molecule has 186 valence electrons. The van der Waals surface area contributed by atoms with E-state index < -0.39 is 0 Å². The van der Waals surface area contributed by atoms with E-state index in [4.69, 9.17) is 14.2 Å². The van der Waals surface area contributed by atoms with Crippen LogP contribution in [0.15, 0.2) is 53.3 Å². The standard InChI is InChI=1S/C26H28N6O4/c33-26-20(11-19-12-23-24(13-22(19)27-26)36-10-9-35-23)15-31(14-18-5-2-1-3-6-18)17-25-28-29-30-32(25)16-21-7-4-8-34-21/h1-3,5-6,11-13,21H,4,7-10,14-17H2,(H,27,33)/t21-/m0/s1. The number of aromatic amines is 1. The van der Waals surface area contributed by atoms with Gasteiger partial charge < -0.3 is 19.2 Å². The Kier molecular flexibility index (Phi) is 6.35. The lowest BCUT2D eigenvalue weighted by molar-refractivity contribution is 0.0914. The Bertz CT molecular complexity index is 1400. The maximum Gasteiger partial charge on any atom is 0.252 e. The summed E-state index contributed by atoms with van der Waals surface area (Å²) in [4.78, 5) is 18.3. The second-order valence-electron chi connectivity index (χ2n) is 9.25. The van der Waals surface area contributed by atoms with Crippen LogP contribution in [-0.2, 0) is 30.9 Å². The lowest BCUT2D eigenvalue weighted by Crippen LogP contribution is -2.29. The molecule has 2 aromatic carbocycles. The highest BCUT2D eigenvalue weighted by Gasteiger charge is 2.21. The van der Waals surface area contributed by atoms with Gasteiger partial charge in [-0.3, -0.25) is 9.69 Å². The normalized spacial score (nSPS) is 17.2. The summed E-state index contributed by atoms with van der Waals surface area (Å²) >= 11 is 0. The minimum Gasteiger partial charge on any atom is -0.486 e. The molecule has 36 heavy (non-hydrogen) atoms. The number of aromatic nitrogens is 5. The quantitative estimate of drug-likeness (QED) is 0.403. The summed E-state index contributed by atoms with van der Waals surface area (Å²) in [6.07, 6.45) is 2.21. The van der Waals surface area contributed by atoms with Crippen LogP contribution in [0.1, 0.15) is 29.8 Å². The van der Waals surface area contributed by atoms with E-state index in [1.165, 1.54) is 0 Å². The molecule has 0 amide bonds. The Hall–Kier alpha value is -3.76. The third-order valence-electron chi connectivity index (χ3n) is 6.60. The SMILES string of the molecule is O=c1[nH]c2cc3c(cc2cc1CN(Cc1ccccc1)Cc1nnnn1C[C@@H]1CCCO1)OCCO3. The van der Waals surface area contributed by atoms with E-state index >= 15 is 0 Å². The molecule has 1 saturated heterocycles. The van der Waals surface area contributed by atoms with Crippen molar-refractivity contribution in [3.8, 4) is 11.5 Å². The van der Waals surface area contributed by atoms with Gasteiger partial charge in [0.25, 0.3) is 5.56 Å². The van der Waals surface area contributed by atoms with Gasteiger partial charge in [0.05, 0.1) is 24.7 Å². The third-order valence-corrected chi connectivity index (χ3v) is 6.60. The summed E-state index contributed by atoms with van der Waals surface area (Å²) in [5.41, 5.74) is 2.40. The number of ether oxygens (including phenoxy) is 3. The molecule has 4 aromatic rings. The van der Waals surface area contributed by atoms with Gasteiger partial charge in [0, 0.05) is 36.7 Å². The van der Waals surface area contributed by atoms with E-state index in [9.17, 15) is 4.79 Å². The monoisotopic (exact) mass is 488 g/mol. The summed E-state index contributed by atoms with van der Waals surface area (Å²) in [5, 5.41) is 13.3. The minimum atomic E-state index is -0.129. The average Bonchev–Trinajstić information content (AvgIpc) is 3.56. The van der Waals surface area contributed by atoms with Crippen LogP contribution >= 0.6 is 0 Å². The number of rotatable bonds is 8. The predicted octanol–water partition coefficient (Wildman–Crippen LogP) is 2.67. The number of nitrogens with zero attached hydrogens (tertiary/aromatic N) is 5. The molecule has 1 N–H and O–H groups in total. The first-order valence-corrected chi connectivity index (χ1v) is 12.3. The number of pyridine rings is 1. The molecule has 2 aromatic heterocycles. The molecule has 0 saturated carbocycles. The fourth-order valence-electron chi connectivity index (χ4n) is 4.82. The largest absolute Gasteiger partial charge is 0.486 e. The molecule has 6 rings (SSSR count). The Morgan fingerprint density at radius 1 is 1.00 bits per heavy atom. The highest BCUT2D eigenvalue weighted by molar-refractivity contribution is 5.83. The number of benzene rings is 2. The molecule has 0 radical (unpaired) electrons. The Morgan fingerprint density at radius 2 is 1.83 bits per heavy atom. The molecular weight excluding hydrogens is 460 g/mol. The molecule has 0 aliphatic carbocycles. The van der Waals surface area contributed by atoms with Crippen molar-refractivity contribution in [3.05, 3.63) is 75.8 Å². The molecule has 10 heteroatoms. The Morgan fingerprint density at radius 3 is 2.64 bits per heavy atom. The van der Waals surface area contributed by atoms with Crippen molar-refractivity contribution in [2.75, 3.05) is 19.8 Å². The zero-order valence-corrected chi connectivity index (χ0v) is 19.9. The van der Waals surface area contributed by atoms with Gasteiger partial charge in [-0.15, -0.1) is 5.10 Å². The van der Waals surface area contributed by atoms with Gasteiger partial charge in [0.15, 0.2) is 17.3 Å². The smallest absolute Gasteiger partial charge is 0.252 e. The van der Waals surface area contributed by atoms with Crippen molar-refractivity contribution in [3.63, 3.8) is 0 Å². The number of hydrogen-bond donors (Lipinski definition) is 1. The van der Waals surface area contributed by atoms with E-state index in [0.717, 1.165) is 41.7 Å². The van der Waals surface area contributed by atoms with Crippen LogP contribution in [0.3, 0.4) is 0 Å². The molecule has 0 spiro atoms. The molecule has 4 heterocycles.